The summed E-state index contributed by atoms with van der Waals surface area (Å²) in [5, 5.41) is 10.8. The Labute approximate surface area is 106 Å². The fourth-order valence-corrected chi connectivity index (χ4v) is 2.13. The molecule has 96 valence electrons. The van der Waals surface area contributed by atoms with Crippen LogP contribution in [0.2, 0.25) is 0 Å². The summed E-state index contributed by atoms with van der Waals surface area (Å²) in [6.45, 7) is 1.91. The Morgan fingerprint density at radius 2 is 2.22 bits per heavy atom. The molecule has 1 aliphatic heterocycles. The van der Waals surface area contributed by atoms with Crippen LogP contribution in [-0.4, -0.2) is 37.1 Å². The molecule has 1 aromatic carbocycles. The first-order chi connectivity index (χ1) is 8.61. The lowest BCUT2D eigenvalue weighted by Crippen LogP contribution is -2.24. The molecule has 5 heteroatoms. The molecular weight excluding hydrogens is 232 g/mol. The van der Waals surface area contributed by atoms with Gasteiger partial charge in [-0.2, -0.15) is 0 Å². The number of nitro groups is 1. The summed E-state index contributed by atoms with van der Waals surface area (Å²) in [5.41, 5.74) is 2.19. The second-order valence-electron chi connectivity index (χ2n) is 4.40. The van der Waals surface area contributed by atoms with Crippen LogP contribution < -0.4 is 4.74 Å². The number of nitro benzene ring substituents is 1. The maximum atomic E-state index is 10.8. The average Bonchev–Trinajstić information content (AvgIpc) is 2.37. The topological polar surface area (TPSA) is 55.6 Å². The van der Waals surface area contributed by atoms with Crippen LogP contribution in [0.1, 0.15) is 12.0 Å². The Morgan fingerprint density at radius 3 is 2.83 bits per heavy atom. The molecule has 0 aliphatic carbocycles. The minimum absolute atomic E-state index is 0.00557. The lowest BCUT2D eigenvalue weighted by Gasteiger charge is -2.23. The van der Waals surface area contributed by atoms with E-state index in [1.807, 2.05) is 0 Å². The van der Waals surface area contributed by atoms with E-state index in [4.69, 9.17) is 4.74 Å². The van der Waals surface area contributed by atoms with Crippen molar-refractivity contribution in [2.45, 2.75) is 6.42 Å². The van der Waals surface area contributed by atoms with E-state index in [0.717, 1.165) is 25.1 Å². The first-order valence-electron chi connectivity index (χ1n) is 5.82. The van der Waals surface area contributed by atoms with Crippen molar-refractivity contribution in [1.29, 1.82) is 0 Å². The Balaban J connectivity index is 2.35. The SMILES string of the molecule is COc1cc(C2=CCCN(C)C2)ccc1[N+](=O)[O-]. The highest BCUT2D eigenvalue weighted by atomic mass is 16.6. The Hall–Kier alpha value is -1.88. The van der Waals surface area contributed by atoms with E-state index >= 15 is 0 Å². The number of hydrogen-bond acceptors (Lipinski definition) is 4. The Bertz CT molecular complexity index is 497. The lowest BCUT2D eigenvalue weighted by atomic mass is 10.0. The molecule has 0 saturated heterocycles. The van der Waals surface area contributed by atoms with Crippen LogP contribution in [0.3, 0.4) is 0 Å². The normalized spacial score (nSPS) is 16.2. The van der Waals surface area contributed by atoms with E-state index in [2.05, 4.69) is 18.0 Å². The van der Waals surface area contributed by atoms with Crippen molar-refractivity contribution in [2.75, 3.05) is 27.2 Å². The molecule has 0 unspecified atom stereocenters. The molecule has 0 bridgehead atoms. The van der Waals surface area contributed by atoms with E-state index in [1.54, 1.807) is 12.1 Å². The predicted molar refractivity (Wildman–Crippen MR) is 69.7 cm³/mol. The van der Waals surface area contributed by atoms with Crippen molar-refractivity contribution in [1.82, 2.24) is 4.90 Å². The number of methoxy groups -OCH3 is 1. The summed E-state index contributed by atoms with van der Waals surface area (Å²) in [4.78, 5) is 12.6. The van der Waals surface area contributed by atoms with E-state index in [9.17, 15) is 10.1 Å². The van der Waals surface area contributed by atoms with Gasteiger partial charge in [-0.05, 0) is 36.7 Å². The molecule has 0 saturated carbocycles. The van der Waals surface area contributed by atoms with Crippen LogP contribution >= 0.6 is 0 Å². The standard InChI is InChI=1S/C13H16N2O3/c1-14-7-3-4-11(9-14)10-5-6-12(15(16)17)13(8-10)18-2/h4-6,8H,3,7,9H2,1-2H3. The molecule has 2 rings (SSSR count). The quantitative estimate of drug-likeness (QED) is 0.608. The molecule has 1 aromatic rings. The summed E-state index contributed by atoms with van der Waals surface area (Å²) >= 11 is 0. The summed E-state index contributed by atoms with van der Waals surface area (Å²) in [7, 11) is 3.52. The number of ether oxygens (including phenoxy) is 1. The van der Waals surface area contributed by atoms with Gasteiger partial charge in [-0.1, -0.05) is 6.08 Å². The van der Waals surface area contributed by atoms with Crippen LogP contribution in [0, 0.1) is 10.1 Å². The van der Waals surface area contributed by atoms with E-state index in [1.165, 1.54) is 18.7 Å². The largest absolute Gasteiger partial charge is 0.490 e. The molecule has 0 N–H and O–H groups in total. The molecule has 18 heavy (non-hydrogen) atoms. The number of likely N-dealkylation sites (N-methyl/N-ethyl adjacent to an activating group) is 1. The first kappa shape index (κ1) is 12.6. The Morgan fingerprint density at radius 1 is 1.44 bits per heavy atom. The van der Waals surface area contributed by atoms with Gasteiger partial charge >= 0.3 is 5.69 Å². The van der Waals surface area contributed by atoms with E-state index < -0.39 is 4.92 Å². The molecule has 5 nitrogen and oxygen atoms in total. The minimum atomic E-state index is -0.427. The summed E-state index contributed by atoms with van der Waals surface area (Å²) in [5.74, 6) is 0.312. The van der Waals surface area contributed by atoms with Crippen molar-refractivity contribution in [3.05, 3.63) is 40.0 Å². The number of nitrogens with zero attached hydrogens (tertiary/aromatic N) is 2. The van der Waals surface area contributed by atoms with Gasteiger partial charge < -0.3 is 9.64 Å². The molecule has 0 fully saturated rings. The van der Waals surface area contributed by atoms with Gasteiger partial charge in [0.1, 0.15) is 0 Å². The number of hydrogen-bond donors (Lipinski definition) is 0. The molecular formula is C13H16N2O3. The molecule has 1 heterocycles. The van der Waals surface area contributed by atoms with Gasteiger partial charge in [-0.25, -0.2) is 0 Å². The zero-order valence-electron chi connectivity index (χ0n) is 10.5. The molecule has 0 amide bonds. The second kappa shape index (κ2) is 5.18. The maximum absolute atomic E-state index is 10.8. The van der Waals surface area contributed by atoms with Crippen LogP contribution in [0.4, 0.5) is 5.69 Å². The van der Waals surface area contributed by atoms with E-state index in [0.29, 0.717) is 5.75 Å². The smallest absolute Gasteiger partial charge is 0.310 e. The third-order valence-electron chi connectivity index (χ3n) is 3.09. The first-order valence-corrected chi connectivity index (χ1v) is 5.82. The van der Waals surface area contributed by atoms with Gasteiger partial charge in [0.2, 0.25) is 0 Å². The van der Waals surface area contributed by atoms with Crippen LogP contribution in [0.5, 0.6) is 5.75 Å². The van der Waals surface area contributed by atoms with Gasteiger partial charge in [0.25, 0.3) is 0 Å². The number of benzene rings is 1. The molecule has 0 radical (unpaired) electrons. The Kier molecular flexibility index (Phi) is 3.62. The zero-order valence-corrected chi connectivity index (χ0v) is 10.5. The van der Waals surface area contributed by atoms with Crippen molar-refractivity contribution in [2.24, 2.45) is 0 Å². The third-order valence-corrected chi connectivity index (χ3v) is 3.09. The lowest BCUT2D eigenvalue weighted by molar-refractivity contribution is -0.385. The molecule has 0 spiro atoms. The second-order valence-corrected chi connectivity index (χ2v) is 4.40. The zero-order chi connectivity index (χ0) is 13.1. The minimum Gasteiger partial charge on any atom is -0.490 e. The molecule has 0 aromatic heterocycles. The van der Waals surface area contributed by atoms with Crippen molar-refractivity contribution in [3.8, 4) is 5.75 Å². The molecule has 0 atom stereocenters. The fourth-order valence-electron chi connectivity index (χ4n) is 2.13. The van der Waals surface area contributed by atoms with Gasteiger partial charge in [0.15, 0.2) is 5.75 Å². The van der Waals surface area contributed by atoms with Gasteiger partial charge in [0.05, 0.1) is 12.0 Å². The summed E-state index contributed by atoms with van der Waals surface area (Å²) in [6.07, 6.45) is 3.19. The fraction of sp³-hybridized carbons (Fsp3) is 0.385. The highest BCUT2D eigenvalue weighted by Crippen LogP contribution is 2.31. The average molecular weight is 248 g/mol. The molecule has 1 aliphatic rings. The highest BCUT2D eigenvalue weighted by Gasteiger charge is 2.17. The summed E-state index contributed by atoms with van der Waals surface area (Å²) in [6, 6.07) is 5.03. The maximum Gasteiger partial charge on any atom is 0.310 e. The highest BCUT2D eigenvalue weighted by molar-refractivity contribution is 5.70. The number of rotatable bonds is 3. The van der Waals surface area contributed by atoms with E-state index in [-0.39, 0.29) is 5.69 Å². The van der Waals surface area contributed by atoms with Crippen LogP contribution in [0.25, 0.3) is 5.57 Å². The third kappa shape index (κ3) is 2.51. The van der Waals surface area contributed by atoms with Crippen molar-refractivity contribution < 1.29 is 9.66 Å². The summed E-state index contributed by atoms with van der Waals surface area (Å²) < 4.78 is 5.08. The van der Waals surface area contributed by atoms with Crippen molar-refractivity contribution >= 4 is 11.3 Å². The monoisotopic (exact) mass is 248 g/mol. The van der Waals surface area contributed by atoms with Crippen LogP contribution in [-0.2, 0) is 0 Å². The van der Waals surface area contributed by atoms with Gasteiger partial charge in [-0.15, -0.1) is 0 Å². The van der Waals surface area contributed by atoms with Crippen molar-refractivity contribution in [3.63, 3.8) is 0 Å². The predicted octanol–water partition coefficient (Wildman–Crippen LogP) is 2.32. The van der Waals surface area contributed by atoms with Gasteiger partial charge in [0, 0.05) is 19.2 Å². The van der Waals surface area contributed by atoms with Gasteiger partial charge in [-0.3, -0.25) is 10.1 Å². The van der Waals surface area contributed by atoms with Crippen LogP contribution in [0.15, 0.2) is 24.3 Å².